The van der Waals surface area contributed by atoms with Crippen LogP contribution >= 0.6 is 0 Å². The summed E-state index contributed by atoms with van der Waals surface area (Å²) in [5.41, 5.74) is 7.23. The summed E-state index contributed by atoms with van der Waals surface area (Å²) >= 11 is 0. The maximum Gasteiger partial charge on any atom is 0.252 e. The minimum atomic E-state index is 0.0244. The lowest BCUT2D eigenvalue weighted by molar-refractivity contribution is 0.0920. The van der Waals surface area contributed by atoms with Gasteiger partial charge in [-0.3, -0.25) is 4.79 Å². The molecule has 1 atom stereocenters. The van der Waals surface area contributed by atoms with Crippen molar-refractivity contribution in [3.63, 3.8) is 0 Å². The van der Waals surface area contributed by atoms with Crippen molar-refractivity contribution in [2.45, 2.75) is 58.0 Å². The van der Waals surface area contributed by atoms with Crippen LogP contribution in [-0.4, -0.2) is 23.5 Å². The third kappa shape index (κ3) is 4.73. The first-order valence-electron chi connectivity index (χ1n) is 13.8. The first kappa shape index (κ1) is 23.7. The highest BCUT2D eigenvalue weighted by atomic mass is 16.1. The van der Waals surface area contributed by atoms with Gasteiger partial charge in [-0.05, 0) is 49.8 Å². The van der Waals surface area contributed by atoms with E-state index in [0.717, 1.165) is 46.3 Å². The minimum absolute atomic E-state index is 0.0244. The van der Waals surface area contributed by atoms with Gasteiger partial charge in [-0.2, -0.15) is 0 Å². The van der Waals surface area contributed by atoms with Gasteiger partial charge in [0.2, 0.25) is 0 Å². The Morgan fingerprint density at radius 1 is 0.946 bits per heavy atom. The molecule has 0 radical (unpaired) electrons. The largest absolute Gasteiger partial charge is 0.367 e. The van der Waals surface area contributed by atoms with Crippen molar-refractivity contribution in [3.8, 4) is 11.3 Å². The first-order valence-corrected chi connectivity index (χ1v) is 13.8. The van der Waals surface area contributed by atoms with Gasteiger partial charge in [0.25, 0.3) is 5.91 Å². The van der Waals surface area contributed by atoms with Gasteiger partial charge in [0.05, 0.1) is 16.8 Å². The Morgan fingerprint density at radius 2 is 1.68 bits per heavy atom. The van der Waals surface area contributed by atoms with Crippen LogP contribution in [0.5, 0.6) is 0 Å². The molecule has 1 aliphatic heterocycles. The highest BCUT2D eigenvalue weighted by Gasteiger charge is 2.28. The molecule has 1 saturated carbocycles. The molecule has 0 unspecified atom stereocenters. The maximum atomic E-state index is 14.2. The van der Waals surface area contributed by atoms with Crippen molar-refractivity contribution in [2.75, 3.05) is 11.4 Å². The lowest BCUT2D eigenvalue weighted by Crippen LogP contribution is -2.39. The molecular weight excluding hydrogens is 454 g/mol. The zero-order valence-electron chi connectivity index (χ0n) is 21.6. The second-order valence-corrected chi connectivity index (χ2v) is 10.7. The molecule has 1 N–H and O–H groups in total. The van der Waals surface area contributed by atoms with Crippen LogP contribution < -0.4 is 10.2 Å². The summed E-state index contributed by atoms with van der Waals surface area (Å²) in [7, 11) is 0. The number of nitrogens with one attached hydrogen (secondary N) is 1. The number of benzene rings is 3. The number of hydrogen-bond acceptors (Lipinski definition) is 3. The number of amides is 1. The molecule has 1 aliphatic carbocycles. The number of hydrogen-bond donors (Lipinski definition) is 1. The SMILES string of the molecule is C[C@H](NC(=O)c1c(CN2CCc3ccccc32)c(-c2ccccc2)nc2ccccc12)C1CCCCC1. The Hall–Kier alpha value is -3.66. The fourth-order valence-corrected chi connectivity index (χ4v) is 6.29. The second-order valence-electron chi connectivity index (χ2n) is 10.7. The van der Waals surface area contributed by atoms with Gasteiger partial charge in [0.15, 0.2) is 0 Å². The highest BCUT2D eigenvalue weighted by Crippen LogP contribution is 2.35. The predicted molar refractivity (Wildman–Crippen MR) is 152 cm³/mol. The van der Waals surface area contributed by atoms with E-state index in [1.54, 1.807) is 0 Å². The van der Waals surface area contributed by atoms with Crippen LogP contribution in [0.25, 0.3) is 22.2 Å². The number of fused-ring (bicyclic) bond motifs is 2. The molecule has 1 amide bonds. The molecule has 0 bridgehead atoms. The summed E-state index contributed by atoms with van der Waals surface area (Å²) in [6, 6.07) is 27.2. The fourth-order valence-electron chi connectivity index (χ4n) is 6.29. The van der Waals surface area contributed by atoms with Crippen molar-refractivity contribution in [2.24, 2.45) is 5.92 Å². The van der Waals surface area contributed by atoms with E-state index in [1.807, 2.05) is 36.4 Å². The van der Waals surface area contributed by atoms with Gasteiger partial charge in [-0.15, -0.1) is 0 Å². The molecule has 1 fully saturated rings. The van der Waals surface area contributed by atoms with Gasteiger partial charge in [0.1, 0.15) is 0 Å². The molecule has 0 saturated heterocycles. The van der Waals surface area contributed by atoms with E-state index in [-0.39, 0.29) is 11.9 Å². The number of anilines is 1. The summed E-state index contributed by atoms with van der Waals surface area (Å²) in [4.78, 5) is 21.7. The second kappa shape index (κ2) is 10.4. The molecule has 37 heavy (non-hydrogen) atoms. The lowest BCUT2D eigenvalue weighted by Gasteiger charge is -2.29. The van der Waals surface area contributed by atoms with Crippen LogP contribution in [-0.2, 0) is 13.0 Å². The van der Waals surface area contributed by atoms with E-state index >= 15 is 0 Å². The van der Waals surface area contributed by atoms with Gasteiger partial charge in [-0.1, -0.05) is 86.0 Å². The topological polar surface area (TPSA) is 45.2 Å². The Labute approximate surface area is 219 Å². The Morgan fingerprint density at radius 3 is 2.51 bits per heavy atom. The highest BCUT2D eigenvalue weighted by molar-refractivity contribution is 6.09. The molecule has 1 aromatic heterocycles. The minimum Gasteiger partial charge on any atom is -0.367 e. The maximum absolute atomic E-state index is 14.2. The molecule has 6 rings (SSSR count). The molecular formula is C33H35N3O. The predicted octanol–water partition coefficient (Wildman–Crippen LogP) is 7.16. The first-order chi connectivity index (χ1) is 18.2. The summed E-state index contributed by atoms with van der Waals surface area (Å²) in [5.74, 6) is 0.574. The van der Waals surface area contributed by atoms with Crippen LogP contribution in [0.1, 0.15) is 60.5 Å². The Bertz CT molecular complexity index is 1410. The smallest absolute Gasteiger partial charge is 0.252 e. The van der Waals surface area contributed by atoms with Crippen LogP contribution in [0.2, 0.25) is 0 Å². The number of aromatic nitrogens is 1. The standard InChI is InChI=1S/C33H35N3O/c1-23(24-12-4-2-5-13-24)34-33(37)31-27-17-9-10-18-29(27)35-32(26-15-6-3-7-16-26)28(31)22-36-21-20-25-14-8-11-19-30(25)36/h3,6-11,14-19,23-24H,2,4-5,12-13,20-22H2,1H3,(H,34,37)/t23-/m0/s1. The number of rotatable bonds is 6. The molecule has 2 aliphatic rings. The van der Waals surface area contributed by atoms with Gasteiger partial charge < -0.3 is 10.2 Å². The van der Waals surface area contributed by atoms with E-state index in [0.29, 0.717) is 12.5 Å². The van der Waals surface area contributed by atoms with Gasteiger partial charge in [0, 0.05) is 41.3 Å². The fraction of sp³-hybridized carbons (Fsp3) is 0.333. The monoisotopic (exact) mass is 489 g/mol. The summed E-state index contributed by atoms with van der Waals surface area (Å²) < 4.78 is 0. The molecule has 4 nitrogen and oxygen atoms in total. The molecule has 4 heteroatoms. The Balaban J connectivity index is 1.47. The van der Waals surface area contributed by atoms with Crippen LogP contribution in [0.3, 0.4) is 0 Å². The third-order valence-electron chi connectivity index (χ3n) is 8.32. The van der Waals surface area contributed by atoms with E-state index in [4.69, 9.17) is 4.98 Å². The third-order valence-corrected chi connectivity index (χ3v) is 8.32. The molecule has 188 valence electrons. The van der Waals surface area contributed by atoms with Crippen LogP contribution in [0, 0.1) is 5.92 Å². The summed E-state index contributed by atoms with van der Waals surface area (Å²) in [6.07, 6.45) is 7.27. The number of nitrogens with zero attached hydrogens (tertiary/aromatic N) is 2. The lowest BCUT2D eigenvalue weighted by atomic mass is 9.84. The Kier molecular flexibility index (Phi) is 6.65. The van der Waals surface area contributed by atoms with Crippen molar-refractivity contribution in [1.29, 1.82) is 0 Å². The van der Waals surface area contributed by atoms with E-state index in [9.17, 15) is 4.79 Å². The van der Waals surface area contributed by atoms with Crippen LogP contribution in [0.15, 0.2) is 78.9 Å². The van der Waals surface area contributed by atoms with Crippen molar-refractivity contribution in [1.82, 2.24) is 10.3 Å². The number of para-hydroxylation sites is 2. The van der Waals surface area contributed by atoms with Crippen molar-refractivity contribution >= 4 is 22.5 Å². The van der Waals surface area contributed by atoms with Gasteiger partial charge in [-0.25, -0.2) is 4.98 Å². The zero-order chi connectivity index (χ0) is 25.2. The number of pyridine rings is 1. The number of carbonyl (C=O) groups is 1. The molecule has 2 heterocycles. The van der Waals surface area contributed by atoms with Gasteiger partial charge >= 0.3 is 0 Å². The number of carbonyl (C=O) groups excluding carboxylic acids is 1. The molecule has 3 aromatic carbocycles. The van der Waals surface area contributed by atoms with E-state index in [1.165, 1.54) is 43.4 Å². The van der Waals surface area contributed by atoms with Crippen LogP contribution in [0.4, 0.5) is 5.69 Å². The molecule has 4 aromatic rings. The summed E-state index contributed by atoms with van der Waals surface area (Å²) in [6.45, 7) is 3.78. The average Bonchev–Trinajstić information content (AvgIpc) is 3.36. The quantitative estimate of drug-likeness (QED) is 0.312. The molecule has 0 spiro atoms. The normalized spacial score (nSPS) is 16.5. The van der Waals surface area contributed by atoms with Crippen molar-refractivity contribution in [3.05, 3.63) is 95.6 Å². The zero-order valence-corrected chi connectivity index (χ0v) is 21.6. The van der Waals surface area contributed by atoms with Crippen molar-refractivity contribution < 1.29 is 4.79 Å². The summed E-state index contributed by atoms with van der Waals surface area (Å²) in [5, 5.41) is 4.36. The van der Waals surface area contributed by atoms with E-state index < -0.39 is 0 Å². The van der Waals surface area contributed by atoms with E-state index in [2.05, 4.69) is 59.6 Å². The average molecular weight is 490 g/mol.